The number of hydrogen-bond donors (Lipinski definition) is 3. The van der Waals surface area contributed by atoms with Crippen molar-refractivity contribution in [2.24, 2.45) is 5.73 Å². The molecule has 0 spiro atoms. The van der Waals surface area contributed by atoms with Crippen molar-refractivity contribution in [3.63, 3.8) is 0 Å². The SMILES string of the molecule is C=C[C@@H](O)[C@H](N)CO. The fraction of sp³-hybridized carbons (Fsp3) is 0.600. The topological polar surface area (TPSA) is 66.5 Å². The van der Waals surface area contributed by atoms with E-state index < -0.39 is 12.1 Å². The molecule has 48 valence electrons. The van der Waals surface area contributed by atoms with Crippen molar-refractivity contribution in [1.29, 1.82) is 0 Å². The number of aliphatic hydroxyl groups is 2. The summed E-state index contributed by atoms with van der Waals surface area (Å²) in [6.07, 6.45) is 0.501. The molecule has 0 fully saturated rings. The molecule has 0 rings (SSSR count). The van der Waals surface area contributed by atoms with Gasteiger partial charge in [-0.1, -0.05) is 6.08 Å². The minimum Gasteiger partial charge on any atom is -0.395 e. The zero-order valence-corrected chi connectivity index (χ0v) is 4.62. The Kier molecular flexibility index (Phi) is 3.43. The van der Waals surface area contributed by atoms with E-state index in [1.807, 2.05) is 0 Å². The van der Waals surface area contributed by atoms with Crippen LogP contribution in [0.25, 0.3) is 0 Å². The maximum Gasteiger partial charge on any atom is 0.0891 e. The lowest BCUT2D eigenvalue weighted by Gasteiger charge is -2.10. The van der Waals surface area contributed by atoms with Gasteiger partial charge >= 0.3 is 0 Å². The van der Waals surface area contributed by atoms with Crippen LogP contribution < -0.4 is 5.73 Å². The second-order valence-electron chi connectivity index (χ2n) is 1.57. The highest BCUT2D eigenvalue weighted by atomic mass is 16.3. The van der Waals surface area contributed by atoms with Crippen molar-refractivity contribution in [3.05, 3.63) is 12.7 Å². The van der Waals surface area contributed by atoms with E-state index in [2.05, 4.69) is 6.58 Å². The summed E-state index contributed by atoms with van der Waals surface area (Å²) in [6, 6.07) is -0.590. The molecule has 0 amide bonds. The van der Waals surface area contributed by atoms with Gasteiger partial charge in [0.05, 0.1) is 18.8 Å². The van der Waals surface area contributed by atoms with Gasteiger partial charge in [0.2, 0.25) is 0 Å². The molecule has 0 bridgehead atoms. The van der Waals surface area contributed by atoms with Gasteiger partial charge in [-0.3, -0.25) is 0 Å². The van der Waals surface area contributed by atoms with Crippen molar-refractivity contribution < 1.29 is 10.2 Å². The predicted octanol–water partition coefficient (Wildman–Crippen LogP) is -1.15. The average Bonchev–Trinajstić information content (AvgIpc) is 1.84. The highest BCUT2D eigenvalue weighted by Crippen LogP contribution is 1.87. The van der Waals surface area contributed by atoms with Gasteiger partial charge in [0, 0.05) is 0 Å². The summed E-state index contributed by atoms with van der Waals surface area (Å²) in [7, 11) is 0. The highest BCUT2D eigenvalue weighted by Gasteiger charge is 2.07. The van der Waals surface area contributed by atoms with Crippen LogP contribution in [0.1, 0.15) is 0 Å². The number of aliphatic hydroxyl groups excluding tert-OH is 2. The first kappa shape index (κ1) is 7.62. The van der Waals surface area contributed by atoms with Crippen LogP contribution in [0.15, 0.2) is 12.7 Å². The van der Waals surface area contributed by atoms with Crippen LogP contribution in [0.2, 0.25) is 0 Å². The van der Waals surface area contributed by atoms with Gasteiger partial charge in [-0.15, -0.1) is 6.58 Å². The normalized spacial score (nSPS) is 17.4. The lowest BCUT2D eigenvalue weighted by molar-refractivity contribution is 0.144. The first-order valence-corrected chi connectivity index (χ1v) is 2.39. The second-order valence-corrected chi connectivity index (χ2v) is 1.57. The van der Waals surface area contributed by atoms with Gasteiger partial charge < -0.3 is 15.9 Å². The van der Waals surface area contributed by atoms with E-state index in [0.29, 0.717) is 0 Å². The van der Waals surface area contributed by atoms with Gasteiger partial charge in [-0.05, 0) is 0 Å². The number of hydrogen-bond acceptors (Lipinski definition) is 3. The van der Waals surface area contributed by atoms with Crippen LogP contribution in [-0.4, -0.2) is 29.0 Å². The Morgan fingerprint density at radius 2 is 2.25 bits per heavy atom. The minimum atomic E-state index is -0.792. The third-order valence-corrected chi connectivity index (χ3v) is 0.891. The fourth-order valence-electron chi connectivity index (χ4n) is 0.283. The molecule has 3 heteroatoms. The molecule has 0 saturated carbocycles. The largest absolute Gasteiger partial charge is 0.395 e. The molecular weight excluding hydrogens is 106 g/mol. The summed E-state index contributed by atoms with van der Waals surface area (Å²) in [4.78, 5) is 0. The van der Waals surface area contributed by atoms with E-state index in [9.17, 15) is 0 Å². The predicted molar refractivity (Wildman–Crippen MR) is 31.3 cm³/mol. The van der Waals surface area contributed by atoms with Gasteiger partial charge in [-0.2, -0.15) is 0 Å². The van der Waals surface area contributed by atoms with Crippen molar-refractivity contribution in [2.75, 3.05) is 6.61 Å². The molecule has 0 heterocycles. The van der Waals surface area contributed by atoms with Crippen LogP contribution >= 0.6 is 0 Å². The van der Waals surface area contributed by atoms with Crippen molar-refractivity contribution in [2.45, 2.75) is 12.1 Å². The molecule has 8 heavy (non-hydrogen) atoms. The molecule has 0 aliphatic rings. The third kappa shape index (κ3) is 2.07. The molecule has 0 aromatic carbocycles. The summed E-state index contributed by atoms with van der Waals surface area (Å²) in [5.41, 5.74) is 5.16. The molecule has 3 nitrogen and oxygen atoms in total. The Hall–Kier alpha value is -0.380. The molecule has 0 aliphatic carbocycles. The van der Waals surface area contributed by atoms with Crippen molar-refractivity contribution >= 4 is 0 Å². The van der Waals surface area contributed by atoms with Gasteiger partial charge in [0.25, 0.3) is 0 Å². The van der Waals surface area contributed by atoms with E-state index in [4.69, 9.17) is 15.9 Å². The Morgan fingerprint density at radius 1 is 1.75 bits per heavy atom. The van der Waals surface area contributed by atoms with Crippen LogP contribution in [0.4, 0.5) is 0 Å². The molecule has 0 saturated heterocycles. The lowest BCUT2D eigenvalue weighted by Crippen LogP contribution is -2.36. The first-order chi connectivity index (χ1) is 3.72. The minimum absolute atomic E-state index is 0.215. The maximum absolute atomic E-state index is 8.72. The summed E-state index contributed by atoms with van der Waals surface area (Å²) in [6.45, 7) is 3.07. The fourth-order valence-corrected chi connectivity index (χ4v) is 0.283. The van der Waals surface area contributed by atoms with E-state index in [-0.39, 0.29) is 6.61 Å². The molecule has 0 unspecified atom stereocenters. The second kappa shape index (κ2) is 3.60. The van der Waals surface area contributed by atoms with Gasteiger partial charge in [0.1, 0.15) is 0 Å². The van der Waals surface area contributed by atoms with E-state index in [0.717, 1.165) is 0 Å². The van der Waals surface area contributed by atoms with Gasteiger partial charge in [-0.25, -0.2) is 0 Å². The molecule has 4 N–H and O–H groups in total. The molecule has 0 radical (unpaired) electrons. The molecule has 0 aromatic heterocycles. The van der Waals surface area contributed by atoms with E-state index >= 15 is 0 Å². The molecule has 0 aromatic rings. The molecule has 0 aliphatic heterocycles. The van der Waals surface area contributed by atoms with Crippen LogP contribution in [0.3, 0.4) is 0 Å². The standard InChI is InChI=1S/C5H11NO2/c1-2-5(8)4(6)3-7/h2,4-5,7-8H,1,3,6H2/t4-,5-/m1/s1. The number of nitrogens with two attached hydrogens (primary N) is 1. The molecular formula is C5H11NO2. The van der Waals surface area contributed by atoms with Crippen LogP contribution in [-0.2, 0) is 0 Å². The molecule has 2 atom stereocenters. The summed E-state index contributed by atoms with van der Waals surface area (Å²) in [5, 5.41) is 17.0. The zero-order valence-electron chi connectivity index (χ0n) is 4.62. The monoisotopic (exact) mass is 117 g/mol. The van der Waals surface area contributed by atoms with Crippen molar-refractivity contribution in [3.8, 4) is 0 Å². The summed E-state index contributed by atoms with van der Waals surface area (Å²) < 4.78 is 0. The smallest absolute Gasteiger partial charge is 0.0891 e. The van der Waals surface area contributed by atoms with Crippen molar-refractivity contribution in [1.82, 2.24) is 0 Å². The Labute approximate surface area is 48.4 Å². The van der Waals surface area contributed by atoms with Crippen LogP contribution in [0, 0.1) is 0 Å². The Morgan fingerprint density at radius 3 is 2.38 bits per heavy atom. The average molecular weight is 117 g/mol. The Balaban J connectivity index is 3.44. The first-order valence-electron chi connectivity index (χ1n) is 2.39. The highest BCUT2D eigenvalue weighted by molar-refractivity contribution is 4.86. The summed E-state index contributed by atoms with van der Waals surface area (Å²) >= 11 is 0. The maximum atomic E-state index is 8.72. The number of rotatable bonds is 3. The zero-order chi connectivity index (χ0) is 6.57. The lowest BCUT2D eigenvalue weighted by atomic mass is 10.2. The van der Waals surface area contributed by atoms with Gasteiger partial charge in [0.15, 0.2) is 0 Å². The quantitative estimate of drug-likeness (QED) is 0.409. The van der Waals surface area contributed by atoms with Crippen LogP contribution in [0.5, 0.6) is 0 Å². The van der Waals surface area contributed by atoms with E-state index in [1.165, 1.54) is 6.08 Å². The Bertz CT molecular complexity index is 74.8. The third-order valence-electron chi connectivity index (χ3n) is 0.891. The van der Waals surface area contributed by atoms with E-state index in [1.54, 1.807) is 0 Å². The summed E-state index contributed by atoms with van der Waals surface area (Å²) in [5.74, 6) is 0.